The molecule has 4 aromatic rings. The highest BCUT2D eigenvalue weighted by atomic mass is 35.5. The second kappa shape index (κ2) is 15.7. The molecule has 0 fully saturated rings. The zero-order chi connectivity index (χ0) is 35.1. The van der Waals surface area contributed by atoms with Crippen LogP contribution in [0.5, 0.6) is 0 Å². The molecule has 10 nitrogen and oxygen atoms in total. The molecule has 2 N–H and O–H groups in total. The Morgan fingerprint density at radius 1 is 0.562 bits per heavy atom. The van der Waals surface area contributed by atoms with E-state index in [1.54, 1.807) is 48.5 Å². The summed E-state index contributed by atoms with van der Waals surface area (Å²) in [6, 6.07) is 18.2. The Morgan fingerprint density at radius 3 is 1.31 bits per heavy atom. The molecule has 0 radical (unpaired) electrons. The van der Waals surface area contributed by atoms with Gasteiger partial charge in [-0.25, -0.2) is 0 Å². The first-order valence-corrected chi connectivity index (χ1v) is 15.7. The maximum absolute atomic E-state index is 12.9. The van der Waals surface area contributed by atoms with Crippen molar-refractivity contribution in [3.8, 4) is 11.1 Å². The highest BCUT2D eigenvalue weighted by Gasteiger charge is 2.24. The molecule has 4 aromatic carbocycles. The second-order valence-electron chi connectivity index (χ2n) is 11.5. The molecule has 0 bridgehead atoms. The Bertz CT molecular complexity index is 1890. The van der Waals surface area contributed by atoms with Gasteiger partial charge in [-0.2, -0.15) is 20.5 Å². The van der Waals surface area contributed by atoms with Crippen molar-refractivity contribution in [2.45, 2.75) is 53.6 Å². The Hall–Kier alpha value is -5.06. The molecule has 0 aliphatic rings. The smallest absolute Gasteiger partial charge is 0.258 e. The van der Waals surface area contributed by atoms with Crippen molar-refractivity contribution in [3.05, 3.63) is 105 Å². The minimum Gasteiger partial charge on any atom is -0.324 e. The first-order chi connectivity index (χ1) is 22.7. The van der Waals surface area contributed by atoms with Crippen LogP contribution < -0.4 is 10.6 Å². The number of Topliss-reactive ketones (excluding diaryl/α,β-unsaturated/α-hetero) is 2. The van der Waals surface area contributed by atoms with Gasteiger partial charge in [-0.15, -0.1) is 0 Å². The second-order valence-corrected chi connectivity index (χ2v) is 12.3. The predicted octanol–water partition coefficient (Wildman–Crippen LogP) is 9.25. The molecule has 0 aliphatic carbocycles. The third-order valence-electron chi connectivity index (χ3n) is 7.01. The molecule has 0 saturated carbocycles. The van der Waals surface area contributed by atoms with E-state index in [0.29, 0.717) is 28.2 Å². The number of aryl methyl sites for hydroxylation is 4. The zero-order valence-electron chi connectivity index (χ0n) is 27.3. The number of anilines is 2. The number of hydrogen-bond acceptors (Lipinski definition) is 8. The molecule has 0 aromatic heterocycles. The lowest BCUT2D eigenvalue weighted by Gasteiger charge is -2.12. The maximum Gasteiger partial charge on any atom is 0.258 e. The van der Waals surface area contributed by atoms with Gasteiger partial charge in [0.15, 0.2) is 11.6 Å². The van der Waals surface area contributed by atoms with E-state index in [-0.39, 0.29) is 15.7 Å². The van der Waals surface area contributed by atoms with Crippen molar-refractivity contribution in [1.82, 2.24) is 0 Å². The monoisotopic (exact) mass is 684 g/mol. The van der Waals surface area contributed by atoms with Gasteiger partial charge in [-0.1, -0.05) is 47.5 Å². The lowest BCUT2D eigenvalue weighted by Crippen LogP contribution is -2.31. The van der Waals surface area contributed by atoms with Crippen LogP contribution in [0.4, 0.5) is 22.7 Å². The fourth-order valence-electron chi connectivity index (χ4n) is 4.99. The van der Waals surface area contributed by atoms with Crippen molar-refractivity contribution >= 4 is 69.3 Å². The first-order valence-electron chi connectivity index (χ1n) is 14.9. The summed E-state index contributed by atoms with van der Waals surface area (Å²) >= 11 is 13.2. The van der Waals surface area contributed by atoms with Crippen molar-refractivity contribution in [3.63, 3.8) is 0 Å². The Kier molecular flexibility index (Phi) is 11.7. The fourth-order valence-corrected chi connectivity index (χ4v) is 5.68. The lowest BCUT2D eigenvalue weighted by atomic mass is 10.0. The number of halogens is 2. The number of amides is 2. The van der Waals surface area contributed by atoms with Gasteiger partial charge in [0.25, 0.3) is 11.8 Å². The van der Waals surface area contributed by atoms with E-state index in [0.717, 1.165) is 22.3 Å². The highest BCUT2D eigenvalue weighted by Crippen LogP contribution is 2.39. The Balaban J connectivity index is 1.47. The van der Waals surface area contributed by atoms with Crippen LogP contribution in [-0.2, 0) is 19.2 Å². The first kappa shape index (κ1) is 35.8. The summed E-state index contributed by atoms with van der Waals surface area (Å²) < 4.78 is 0. The van der Waals surface area contributed by atoms with E-state index in [9.17, 15) is 19.2 Å². The minimum absolute atomic E-state index is 0.249. The number of azo groups is 2. The van der Waals surface area contributed by atoms with Gasteiger partial charge in [-0.3, -0.25) is 19.2 Å². The molecule has 0 aliphatic heterocycles. The molecule has 4 rings (SSSR count). The largest absolute Gasteiger partial charge is 0.324 e. The number of carbonyl (C=O) groups excluding carboxylic acids is 4. The van der Waals surface area contributed by atoms with Crippen LogP contribution in [-0.4, -0.2) is 35.5 Å². The normalized spacial score (nSPS) is 12.6. The van der Waals surface area contributed by atoms with E-state index < -0.39 is 35.5 Å². The van der Waals surface area contributed by atoms with E-state index in [2.05, 4.69) is 31.1 Å². The molecule has 2 unspecified atom stereocenters. The van der Waals surface area contributed by atoms with Gasteiger partial charge < -0.3 is 10.6 Å². The minimum atomic E-state index is -1.37. The summed E-state index contributed by atoms with van der Waals surface area (Å²) in [4.78, 5) is 50.2. The van der Waals surface area contributed by atoms with E-state index >= 15 is 0 Å². The molecule has 48 heavy (non-hydrogen) atoms. The van der Waals surface area contributed by atoms with Gasteiger partial charge in [0, 0.05) is 16.9 Å². The zero-order valence-corrected chi connectivity index (χ0v) is 28.8. The molecule has 2 atom stereocenters. The van der Waals surface area contributed by atoms with Gasteiger partial charge in [-0.05, 0) is 118 Å². The number of nitrogens with zero attached hydrogens (tertiary/aromatic N) is 4. The summed E-state index contributed by atoms with van der Waals surface area (Å²) in [7, 11) is 0. The summed E-state index contributed by atoms with van der Waals surface area (Å²) in [6.45, 7) is 10.2. The number of nitrogens with one attached hydrogen (secondary N) is 2. The highest BCUT2D eigenvalue weighted by molar-refractivity contribution is 6.39. The van der Waals surface area contributed by atoms with Crippen LogP contribution in [0.25, 0.3) is 11.1 Å². The molecule has 0 spiro atoms. The van der Waals surface area contributed by atoms with E-state index in [4.69, 9.17) is 23.2 Å². The van der Waals surface area contributed by atoms with Crippen LogP contribution in [0.2, 0.25) is 10.0 Å². The summed E-state index contributed by atoms with van der Waals surface area (Å²) in [5.41, 5.74) is 6.80. The van der Waals surface area contributed by atoms with Crippen LogP contribution in [0.1, 0.15) is 36.1 Å². The average molecular weight is 686 g/mol. The number of ketones is 2. The molecular weight excluding hydrogens is 651 g/mol. The summed E-state index contributed by atoms with van der Waals surface area (Å²) in [5.74, 6) is -2.13. The standard InChI is InChI=1S/C36H34Cl2N6O4/c1-19-11-20(2)14-27(13-19)39-35(47)33(23(5)45)43-41-26-9-7-25(8-10-26)32-30(37)17-29(18-31(32)38)42-44-34(24(6)46)36(48)40-28-15-21(3)12-22(4)16-28/h7-18,33-34H,1-6H3,(H,39,47)(H,40,48). The van der Waals surface area contributed by atoms with Gasteiger partial charge in [0.2, 0.25) is 12.1 Å². The Labute approximate surface area is 288 Å². The molecule has 0 heterocycles. The SMILES string of the molecule is CC(=O)C(N=Nc1ccc(-c2c(Cl)cc(N=NC(C(C)=O)C(=O)Nc3cc(C)cc(C)c3)cc2Cl)cc1)C(=O)Nc1cc(C)cc(C)c1. The lowest BCUT2D eigenvalue weighted by molar-refractivity contribution is -0.127. The third kappa shape index (κ3) is 9.49. The quantitative estimate of drug-likeness (QED) is 0.120. The van der Waals surface area contributed by atoms with E-state index in [1.807, 2.05) is 39.8 Å². The maximum atomic E-state index is 12.9. The number of rotatable bonds is 11. The molecule has 0 saturated heterocycles. The topological polar surface area (TPSA) is 142 Å². The van der Waals surface area contributed by atoms with Crippen LogP contribution in [0.15, 0.2) is 93.3 Å². The van der Waals surface area contributed by atoms with Crippen molar-refractivity contribution in [2.24, 2.45) is 20.5 Å². The van der Waals surface area contributed by atoms with Gasteiger partial charge in [0.1, 0.15) is 0 Å². The summed E-state index contributed by atoms with van der Waals surface area (Å²) in [5, 5.41) is 22.2. The number of hydrogen-bond donors (Lipinski definition) is 2. The number of benzene rings is 4. The van der Waals surface area contributed by atoms with E-state index in [1.165, 1.54) is 26.0 Å². The summed E-state index contributed by atoms with van der Waals surface area (Å²) in [6.07, 6.45) is 0. The Morgan fingerprint density at radius 2 is 0.938 bits per heavy atom. The number of carbonyl (C=O) groups is 4. The van der Waals surface area contributed by atoms with Crippen LogP contribution >= 0.6 is 23.2 Å². The van der Waals surface area contributed by atoms with Crippen molar-refractivity contribution < 1.29 is 19.2 Å². The van der Waals surface area contributed by atoms with Crippen LogP contribution in [0.3, 0.4) is 0 Å². The third-order valence-corrected chi connectivity index (χ3v) is 7.60. The molecule has 246 valence electrons. The van der Waals surface area contributed by atoms with Crippen molar-refractivity contribution in [1.29, 1.82) is 0 Å². The fraction of sp³-hybridized carbons (Fsp3) is 0.222. The van der Waals surface area contributed by atoms with Crippen molar-refractivity contribution in [2.75, 3.05) is 10.6 Å². The molecule has 12 heteroatoms. The van der Waals surface area contributed by atoms with Gasteiger partial charge in [0.05, 0.1) is 21.4 Å². The molecular formula is C36H34Cl2N6O4. The predicted molar refractivity (Wildman–Crippen MR) is 189 cm³/mol. The van der Waals surface area contributed by atoms with Crippen LogP contribution in [0, 0.1) is 27.7 Å². The molecule has 2 amide bonds. The average Bonchev–Trinajstić information content (AvgIpc) is 2.96. The van der Waals surface area contributed by atoms with Gasteiger partial charge >= 0.3 is 0 Å².